The first-order chi connectivity index (χ1) is 14.8. The Morgan fingerprint density at radius 1 is 1.16 bits per heavy atom. The molecule has 1 saturated heterocycles. The van der Waals surface area contributed by atoms with E-state index in [0.29, 0.717) is 24.5 Å². The van der Waals surface area contributed by atoms with Crippen LogP contribution in [0, 0.1) is 5.92 Å². The standard InChI is InChI=1S/C23H29NO6S/c1-17(2)23(25)24(16-20-8-6-14-29-20)15-18-7-4-5-9-22(18)30-31(26,27)21-12-10-19(28-3)11-13-21/h4-5,7,9-13,17,20H,6,8,14-16H2,1-3H3. The Labute approximate surface area is 184 Å². The zero-order chi connectivity index (χ0) is 22.4. The quantitative estimate of drug-likeness (QED) is 0.546. The molecular formula is C23H29NO6S. The number of hydrogen-bond acceptors (Lipinski definition) is 6. The van der Waals surface area contributed by atoms with Crippen LogP contribution in [0.25, 0.3) is 0 Å². The van der Waals surface area contributed by atoms with Gasteiger partial charge in [0, 0.05) is 31.2 Å². The second-order valence-corrected chi connectivity index (χ2v) is 9.38. The number of benzene rings is 2. The van der Waals surface area contributed by atoms with Crippen LogP contribution in [0.15, 0.2) is 53.4 Å². The third-order valence-corrected chi connectivity index (χ3v) is 6.38. The fraction of sp³-hybridized carbons (Fsp3) is 0.435. The van der Waals surface area contributed by atoms with Gasteiger partial charge in [0.2, 0.25) is 5.91 Å². The van der Waals surface area contributed by atoms with Gasteiger partial charge in [-0.2, -0.15) is 8.42 Å². The summed E-state index contributed by atoms with van der Waals surface area (Å²) in [4.78, 5) is 14.6. The minimum absolute atomic E-state index is 0.00110. The molecule has 0 spiro atoms. The van der Waals surface area contributed by atoms with Crippen molar-refractivity contribution in [1.82, 2.24) is 4.90 Å². The maximum absolute atomic E-state index is 12.8. The number of hydrogen-bond donors (Lipinski definition) is 0. The van der Waals surface area contributed by atoms with Crippen LogP contribution in [0.3, 0.4) is 0 Å². The lowest BCUT2D eigenvalue weighted by molar-refractivity contribution is -0.136. The van der Waals surface area contributed by atoms with E-state index in [1.165, 1.54) is 19.2 Å². The van der Waals surface area contributed by atoms with Gasteiger partial charge in [-0.05, 0) is 43.2 Å². The van der Waals surface area contributed by atoms with E-state index in [9.17, 15) is 13.2 Å². The number of para-hydroxylation sites is 1. The first-order valence-corrected chi connectivity index (χ1v) is 11.8. The smallest absolute Gasteiger partial charge is 0.339 e. The summed E-state index contributed by atoms with van der Waals surface area (Å²) < 4.78 is 41.8. The maximum atomic E-state index is 12.8. The number of ether oxygens (including phenoxy) is 2. The minimum Gasteiger partial charge on any atom is -0.497 e. The van der Waals surface area contributed by atoms with Gasteiger partial charge in [-0.3, -0.25) is 4.79 Å². The molecule has 1 amide bonds. The van der Waals surface area contributed by atoms with Gasteiger partial charge >= 0.3 is 10.1 Å². The van der Waals surface area contributed by atoms with E-state index in [1.807, 2.05) is 13.8 Å². The van der Waals surface area contributed by atoms with Crippen molar-refractivity contribution in [3.63, 3.8) is 0 Å². The average Bonchev–Trinajstić information content (AvgIpc) is 3.27. The molecular weight excluding hydrogens is 418 g/mol. The molecule has 1 fully saturated rings. The Balaban J connectivity index is 1.82. The first-order valence-electron chi connectivity index (χ1n) is 10.4. The topological polar surface area (TPSA) is 82.1 Å². The van der Waals surface area contributed by atoms with Crippen LogP contribution in [0.5, 0.6) is 11.5 Å². The maximum Gasteiger partial charge on any atom is 0.339 e. The predicted molar refractivity (Wildman–Crippen MR) is 116 cm³/mol. The van der Waals surface area contributed by atoms with Crippen molar-refractivity contribution in [3.8, 4) is 11.5 Å². The second kappa shape index (κ2) is 10.2. The summed E-state index contributed by atoms with van der Waals surface area (Å²) in [5.41, 5.74) is 0.617. The van der Waals surface area contributed by atoms with Gasteiger partial charge < -0.3 is 18.6 Å². The Bertz CT molecular complexity index is 981. The number of carbonyl (C=O) groups excluding carboxylic acids is 1. The van der Waals surface area contributed by atoms with Crippen molar-refractivity contribution >= 4 is 16.0 Å². The van der Waals surface area contributed by atoms with E-state index in [-0.39, 0.29) is 35.1 Å². The minimum atomic E-state index is -4.04. The van der Waals surface area contributed by atoms with E-state index < -0.39 is 10.1 Å². The van der Waals surface area contributed by atoms with Crippen LogP contribution in [0.1, 0.15) is 32.3 Å². The highest BCUT2D eigenvalue weighted by atomic mass is 32.2. The molecule has 1 aliphatic rings. The van der Waals surface area contributed by atoms with Gasteiger partial charge in [0.25, 0.3) is 0 Å². The number of rotatable bonds is 9. The fourth-order valence-electron chi connectivity index (χ4n) is 3.46. The summed E-state index contributed by atoms with van der Waals surface area (Å²) in [5.74, 6) is 0.560. The van der Waals surface area contributed by atoms with Crippen LogP contribution >= 0.6 is 0 Å². The van der Waals surface area contributed by atoms with Crippen molar-refractivity contribution in [3.05, 3.63) is 54.1 Å². The third kappa shape index (κ3) is 5.98. The lowest BCUT2D eigenvalue weighted by Gasteiger charge is -2.28. The summed E-state index contributed by atoms with van der Waals surface area (Å²) >= 11 is 0. The molecule has 1 aliphatic heterocycles. The molecule has 2 aromatic carbocycles. The molecule has 1 unspecified atom stereocenters. The summed E-state index contributed by atoms with van der Waals surface area (Å²) in [6, 6.07) is 12.9. The summed E-state index contributed by atoms with van der Waals surface area (Å²) in [6.45, 7) is 5.11. The molecule has 0 aliphatic carbocycles. The van der Waals surface area contributed by atoms with Crippen LogP contribution in [0.4, 0.5) is 0 Å². The molecule has 31 heavy (non-hydrogen) atoms. The lowest BCUT2D eigenvalue weighted by atomic mass is 10.1. The summed E-state index contributed by atoms with van der Waals surface area (Å²) in [5, 5.41) is 0. The second-order valence-electron chi connectivity index (χ2n) is 7.83. The lowest BCUT2D eigenvalue weighted by Crippen LogP contribution is -2.39. The third-order valence-electron chi connectivity index (χ3n) is 5.13. The molecule has 3 rings (SSSR count). The van der Waals surface area contributed by atoms with Crippen LogP contribution in [-0.4, -0.2) is 45.6 Å². The number of nitrogens with zero attached hydrogens (tertiary/aromatic N) is 1. The van der Waals surface area contributed by atoms with Crippen molar-refractivity contribution in [2.24, 2.45) is 5.92 Å². The number of amides is 1. The Morgan fingerprint density at radius 3 is 2.48 bits per heavy atom. The molecule has 168 valence electrons. The van der Waals surface area contributed by atoms with E-state index in [4.69, 9.17) is 13.7 Å². The largest absolute Gasteiger partial charge is 0.497 e. The van der Waals surface area contributed by atoms with Gasteiger partial charge in [-0.1, -0.05) is 32.0 Å². The van der Waals surface area contributed by atoms with E-state index in [2.05, 4.69) is 0 Å². The molecule has 8 heteroatoms. The fourth-order valence-corrected chi connectivity index (χ4v) is 4.43. The van der Waals surface area contributed by atoms with Crippen molar-refractivity contribution in [2.45, 2.75) is 44.2 Å². The van der Waals surface area contributed by atoms with Crippen LogP contribution < -0.4 is 8.92 Å². The zero-order valence-corrected chi connectivity index (χ0v) is 18.9. The molecule has 0 aromatic heterocycles. The van der Waals surface area contributed by atoms with Crippen molar-refractivity contribution in [2.75, 3.05) is 20.3 Å². The Kier molecular flexibility index (Phi) is 7.56. The van der Waals surface area contributed by atoms with E-state index in [1.54, 1.807) is 41.3 Å². The molecule has 7 nitrogen and oxygen atoms in total. The summed E-state index contributed by atoms with van der Waals surface area (Å²) in [6.07, 6.45) is 1.89. The van der Waals surface area contributed by atoms with Crippen LogP contribution in [0.2, 0.25) is 0 Å². The molecule has 1 atom stereocenters. The number of carbonyl (C=O) groups is 1. The monoisotopic (exact) mass is 447 g/mol. The molecule has 2 aromatic rings. The normalized spacial score (nSPS) is 16.3. The highest BCUT2D eigenvalue weighted by Crippen LogP contribution is 2.26. The molecule has 0 saturated carbocycles. The first kappa shape index (κ1) is 23.1. The Hall–Kier alpha value is -2.58. The van der Waals surface area contributed by atoms with Crippen LogP contribution in [-0.2, 0) is 26.2 Å². The average molecular weight is 448 g/mol. The Morgan fingerprint density at radius 2 is 1.87 bits per heavy atom. The number of methoxy groups -OCH3 is 1. The van der Waals surface area contributed by atoms with Crippen molar-refractivity contribution < 1.29 is 26.9 Å². The van der Waals surface area contributed by atoms with Crippen molar-refractivity contribution in [1.29, 1.82) is 0 Å². The van der Waals surface area contributed by atoms with E-state index in [0.717, 1.165) is 12.8 Å². The van der Waals surface area contributed by atoms with Gasteiger partial charge in [0.05, 0.1) is 13.2 Å². The predicted octanol–water partition coefficient (Wildman–Crippen LogP) is 3.63. The van der Waals surface area contributed by atoms with Gasteiger partial charge in [0.15, 0.2) is 0 Å². The molecule has 0 radical (unpaired) electrons. The highest BCUT2D eigenvalue weighted by molar-refractivity contribution is 7.87. The molecule has 0 bridgehead atoms. The van der Waals surface area contributed by atoms with Gasteiger partial charge in [0.1, 0.15) is 16.4 Å². The molecule has 0 N–H and O–H groups in total. The van der Waals surface area contributed by atoms with Gasteiger partial charge in [-0.15, -0.1) is 0 Å². The van der Waals surface area contributed by atoms with Gasteiger partial charge in [-0.25, -0.2) is 0 Å². The van der Waals surface area contributed by atoms with E-state index >= 15 is 0 Å². The SMILES string of the molecule is COc1ccc(S(=O)(=O)Oc2ccccc2CN(CC2CCCO2)C(=O)C(C)C)cc1. The summed E-state index contributed by atoms with van der Waals surface area (Å²) in [7, 11) is -2.53. The highest BCUT2D eigenvalue weighted by Gasteiger charge is 2.26. The molecule has 1 heterocycles. The zero-order valence-electron chi connectivity index (χ0n) is 18.1.